The lowest BCUT2D eigenvalue weighted by atomic mass is 10.2. The van der Waals surface area contributed by atoms with Crippen LogP contribution in [0.2, 0.25) is 0 Å². The van der Waals surface area contributed by atoms with E-state index in [4.69, 9.17) is 4.74 Å². The molecule has 0 saturated carbocycles. The number of carbonyl (C=O) groups excluding carboxylic acids is 1. The van der Waals surface area contributed by atoms with Gasteiger partial charge in [-0.15, -0.1) is 0 Å². The van der Waals surface area contributed by atoms with Crippen LogP contribution in [0.25, 0.3) is 15.8 Å². The molecule has 4 rings (SSSR count). The number of hydrogen-bond donors (Lipinski definition) is 0. The third kappa shape index (κ3) is 5.11. The number of nitrogens with zero attached hydrogens (tertiary/aromatic N) is 1. The summed E-state index contributed by atoms with van der Waals surface area (Å²) in [7, 11) is -3.89. The van der Waals surface area contributed by atoms with Crippen molar-refractivity contribution in [3.05, 3.63) is 102 Å². The van der Waals surface area contributed by atoms with Crippen LogP contribution in [0.4, 0.5) is 4.79 Å². The van der Waals surface area contributed by atoms with Gasteiger partial charge in [-0.25, -0.2) is 13.2 Å². The third-order valence-corrected chi connectivity index (χ3v) is 7.81. The first kappa shape index (κ1) is 23.9. The zero-order valence-electron chi connectivity index (χ0n) is 19.1. The fourth-order valence-electron chi connectivity index (χ4n) is 3.46. The van der Waals surface area contributed by atoms with Gasteiger partial charge < -0.3 is 4.74 Å². The molecule has 1 heterocycles. The molecule has 0 unspecified atom stereocenters. The lowest BCUT2D eigenvalue weighted by Gasteiger charge is -2.19. The van der Waals surface area contributed by atoms with Gasteiger partial charge in [0.1, 0.15) is 5.60 Å². The molecule has 0 radical (unpaired) electrons. The predicted molar refractivity (Wildman–Crippen MR) is 137 cm³/mol. The Morgan fingerprint density at radius 1 is 0.882 bits per heavy atom. The van der Waals surface area contributed by atoms with Gasteiger partial charge in [0.15, 0.2) is 0 Å². The van der Waals surface area contributed by atoms with E-state index in [0.717, 1.165) is 4.90 Å². The lowest BCUT2D eigenvalue weighted by Crippen LogP contribution is -2.26. The summed E-state index contributed by atoms with van der Waals surface area (Å²) in [5.41, 5.74) is 0.319. The second-order valence-electron chi connectivity index (χ2n) is 8.64. The fourth-order valence-corrected chi connectivity index (χ4v) is 6.01. The Morgan fingerprint density at radius 3 is 2.12 bits per heavy atom. The van der Waals surface area contributed by atoms with E-state index >= 15 is 0 Å². The van der Waals surface area contributed by atoms with Crippen LogP contribution in [0.15, 0.2) is 106 Å². The van der Waals surface area contributed by atoms with Gasteiger partial charge in [-0.3, -0.25) is 4.57 Å². The average molecular weight is 492 g/mol. The molecular formula is C27H25NO4S2. The Labute approximate surface area is 204 Å². The number of fused-ring (bicyclic) bond motifs is 1. The standard InChI is InChI=1S/C27H25NO4S2/c1-27(2,3)32-26(29)28-18-23(22-16-10-11-17-24(22)28)25(19-33-20-12-6-4-7-13-20)34(30,31)21-14-8-5-9-15-21/h4-19H,1-3H3/b25-19+. The van der Waals surface area contributed by atoms with E-state index < -0.39 is 21.5 Å². The maximum atomic E-state index is 13.8. The topological polar surface area (TPSA) is 65.4 Å². The number of hydrogen-bond acceptors (Lipinski definition) is 5. The number of ether oxygens (including phenoxy) is 1. The van der Waals surface area contributed by atoms with Crippen molar-refractivity contribution in [2.75, 3.05) is 0 Å². The number of thioether (sulfide) groups is 1. The molecule has 0 spiro atoms. The van der Waals surface area contributed by atoms with E-state index in [1.807, 2.05) is 42.5 Å². The SMILES string of the molecule is CC(C)(C)OC(=O)n1cc(/C(=C\Sc2ccccc2)S(=O)(=O)c2ccccc2)c2ccccc21. The first-order valence-corrected chi connectivity index (χ1v) is 13.1. The molecule has 7 heteroatoms. The first-order valence-electron chi connectivity index (χ1n) is 10.7. The largest absolute Gasteiger partial charge is 0.443 e. The van der Waals surface area contributed by atoms with Crippen LogP contribution in [0.1, 0.15) is 26.3 Å². The minimum Gasteiger partial charge on any atom is -0.443 e. The van der Waals surface area contributed by atoms with Crippen molar-refractivity contribution in [3.8, 4) is 0 Å². The maximum absolute atomic E-state index is 13.8. The van der Waals surface area contributed by atoms with Crippen LogP contribution in [-0.4, -0.2) is 24.7 Å². The van der Waals surface area contributed by atoms with Gasteiger partial charge in [-0.05, 0) is 56.5 Å². The van der Waals surface area contributed by atoms with Crippen LogP contribution in [0.3, 0.4) is 0 Å². The lowest BCUT2D eigenvalue weighted by molar-refractivity contribution is 0.0544. The molecule has 5 nitrogen and oxygen atoms in total. The zero-order chi connectivity index (χ0) is 24.3. The second kappa shape index (κ2) is 9.52. The van der Waals surface area contributed by atoms with Gasteiger partial charge in [0.2, 0.25) is 9.84 Å². The first-order chi connectivity index (χ1) is 16.2. The Balaban J connectivity index is 1.92. The van der Waals surface area contributed by atoms with E-state index in [1.54, 1.807) is 74.8 Å². The number of carbonyl (C=O) groups is 1. The minimum atomic E-state index is -3.89. The van der Waals surface area contributed by atoms with Crippen LogP contribution >= 0.6 is 11.8 Å². The Bertz CT molecular complexity index is 1450. The van der Waals surface area contributed by atoms with Crippen LogP contribution < -0.4 is 0 Å². The summed E-state index contributed by atoms with van der Waals surface area (Å²) in [6.45, 7) is 5.37. The van der Waals surface area contributed by atoms with Gasteiger partial charge in [0.25, 0.3) is 0 Å². The predicted octanol–water partition coefficient (Wildman–Crippen LogP) is 6.99. The van der Waals surface area contributed by atoms with Crippen LogP contribution in [0, 0.1) is 0 Å². The number of benzene rings is 3. The summed E-state index contributed by atoms with van der Waals surface area (Å²) in [5.74, 6) is 0. The molecule has 0 atom stereocenters. The monoisotopic (exact) mass is 491 g/mol. The van der Waals surface area contributed by atoms with Crippen molar-refractivity contribution in [2.24, 2.45) is 0 Å². The Morgan fingerprint density at radius 2 is 1.47 bits per heavy atom. The summed E-state index contributed by atoms with van der Waals surface area (Å²) in [4.78, 5) is 14.2. The smallest absolute Gasteiger partial charge is 0.419 e. The number of rotatable bonds is 5. The molecule has 0 amide bonds. The third-order valence-electron chi connectivity index (χ3n) is 4.96. The van der Waals surface area contributed by atoms with E-state index in [9.17, 15) is 13.2 Å². The summed E-state index contributed by atoms with van der Waals surface area (Å²) < 4.78 is 34.5. The fraction of sp³-hybridized carbons (Fsp3) is 0.148. The molecule has 0 aliphatic heterocycles. The van der Waals surface area contributed by atoms with Gasteiger partial charge in [-0.2, -0.15) is 0 Å². The van der Waals surface area contributed by atoms with Crippen molar-refractivity contribution in [2.45, 2.75) is 36.2 Å². The molecule has 174 valence electrons. The van der Waals surface area contributed by atoms with Crippen molar-refractivity contribution in [1.29, 1.82) is 0 Å². The highest BCUT2D eigenvalue weighted by Gasteiger charge is 2.28. The number of aromatic nitrogens is 1. The van der Waals surface area contributed by atoms with E-state index in [1.165, 1.54) is 16.3 Å². The summed E-state index contributed by atoms with van der Waals surface area (Å²) >= 11 is 1.31. The zero-order valence-corrected chi connectivity index (χ0v) is 20.8. The molecule has 34 heavy (non-hydrogen) atoms. The van der Waals surface area contributed by atoms with Crippen LogP contribution in [0.5, 0.6) is 0 Å². The molecule has 0 N–H and O–H groups in total. The summed E-state index contributed by atoms with van der Waals surface area (Å²) in [6.07, 6.45) is 0.985. The average Bonchev–Trinajstić information content (AvgIpc) is 3.19. The quantitative estimate of drug-likeness (QED) is 0.282. The molecule has 0 aliphatic carbocycles. The number of sulfone groups is 1. The summed E-state index contributed by atoms with van der Waals surface area (Å²) in [5, 5.41) is 2.28. The van der Waals surface area contributed by atoms with E-state index in [2.05, 4.69) is 0 Å². The van der Waals surface area contributed by atoms with Crippen molar-refractivity contribution < 1.29 is 17.9 Å². The van der Waals surface area contributed by atoms with Gasteiger partial charge in [0.05, 0.1) is 15.3 Å². The molecule has 3 aromatic carbocycles. The molecule has 1 aromatic heterocycles. The normalized spacial score (nSPS) is 12.6. The molecule has 0 fully saturated rings. The van der Waals surface area contributed by atoms with Gasteiger partial charge in [0, 0.05) is 22.0 Å². The molecule has 4 aromatic rings. The number of para-hydroxylation sites is 1. The van der Waals surface area contributed by atoms with Gasteiger partial charge >= 0.3 is 6.09 Å². The van der Waals surface area contributed by atoms with Crippen molar-refractivity contribution in [3.63, 3.8) is 0 Å². The van der Waals surface area contributed by atoms with E-state index in [0.29, 0.717) is 16.5 Å². The van der Waals surface area contributed by atoms with Crippen LogP contribution in [-0.2, 0) is 14.6 Å². The van der Waals surface area contributed by atoms with Gasteiger partial charge in [-0.1, -0.05) is 66.4 Å². The molecule has 0 aliphatic rings. The highest BCUT2D eigenvalue weighted by Crippen LogP contribution is 2.37. The summed E-state index contributed by atoms with van der Waals surface area (Å²) in [6, 6.07) is 25.1. The highest BCUT2D eigenvalue weighted by atomic mass is 32.2. The molecule has 0 bridgehead atoms. The highest BCUT2D eigenvalue weighted by molar-refractivity contribution is 8.05. The molecular weight excluding hydrogens is 466 g/mol. The Hall–Kier alpha value is -3.29. The van der Waals surface area contributed by atoms with E-state index in [-0.39, 0.29) is 9.80 Å². The molecule has 0 saturated heterocycles. The van der Waals surface area contributed by atoms with Crippen molar-refractivity contribution >= 4 is 43.5 Å². The van der Waals surface area contributed by atoms with Crippen molar-refractivity contribution in [1.82, 2.24) is 4.57 Å². The second-order valence-corrected chi connectivity index (χ2v) is 11.5. The Kier molecular flexibility index (Phi) is 6.68. The maximum Gasteiger partial charge on any atom is 0.419 e. The minimum absolute atomic E-state index is 0.117.